The van der Waals surface area contributed by atoms with Crippen molar-refractivity contribution in [3.05, 3.63) is 20.8 Å². The summed E-state index contributed by atoms with van der Waals surface area (Å²) in [6.07, 6.45) is -0.0943. The SMILES string of the molecule is CC(C)C(C)(CC(=O)O)NC(=O)c1cc(Br)cs1. The van der Waals surface area contributed by atoms with Crippen LogP contribution < -0.4 is 5.32 Å². The lowest BCUT2D eigenvalue weighted by Gasteiger charge is -2.33. The molecule has 0 aliphatic heterocycles. The first-order valence-electron chi connectivity index (χ1n) is 5.53. The fourth-order valence-corrected chi connectivity index (χ4v) is 2.78. The van der Waals surface area contributed by atoms with E-state index in [-0.39, 0.29) is 18.2 Å². The van der Waals surface area contributed by atoms with E-state index in [0.29, 0.717) is 4.88 Å². The molecule has 0 saturated heterocycles. The normalized spacial score (nSPS) is 14.3. The van der Waals surface area contributed by atoms with Gasteiger partial charge in [0.05, 0.1) is 16.8 Å². The van der Waals surface area contributed by atoms with Gasteiger partial charge in [-0.25, -0.2) is 0 Å². The minimum atomic E-state index is -0.918. The van der Waals surface area contributed by atoms with Crippen molar-refractivity contribution in [1.29, 1.82) is 0 Å². The predicted molar refractivity (Wildman–Crippen MR) is 75.0 cm³/mol. The third-order valence-corrected chi connectivity index (χ3v) is 4.67. The summed E-state index contributed by atoms with van der Waals surface area (Å²) in [5.74, 6) is -1.12. The van der Waals surface area contributed by atoms with Crippen molar-refractivity contribution in [3.8, 4) is 0 Å². The number of aliphatic carboxylic acids is 1. The minimum Gasteiger partial charge on any atom is -0.481 e. The molecule has 0 spiro atoms. The Labute approximate surface area is 119 Å². The summed E-state index contributed by atoms with van der Waals surface area (Å²) < 4.78 is 0.849. The van der Waals surface area contributed by atoms with Gasteiger partial charge in [0, 0.05) is 9.85 Å². The Bertz CT molecular complexity index is 458. The fourth-order valence-electron chi connectivity index (χ4n) is 1.46. The molecule has 1 amide bonds. The van der Waals surface area contributed by atoms with Gasteiger partial charge >= 0.3 is 5.97 Å². The molecular formula is C12H16BrNO3S. The summed E-state index contributed by atoms with van der Waals surface area (Å²) in [4.78, 5) is 23.5. The molecule has 0 aromatic carbocycles. The van der Waals surface area contributed by atoms with Gasteiger partial charge in [-0.05, 0) is 34.8 Å². The smallest absolute Gasteiger partial charge is 0.305 e. The highest BCUT2D eigenvalue weighted by Gasteiger charge is 2.33. The van der Waals surface area contributed by atoms with Crippen molar-refractivity contribution in [2.24, 2.45) is 5.92 Å². The maximum atomic E-state index is 12.0. The molecule has 1 rings (SSSR count). The number of carboxylic acids is 1. The zero-order chi connectivity index (χ0) is 13.9. The molecule has 0 bridgehead atoms. The van der Waals surface area contributed by atoms with E-state index in [0.717, 1.165) is 4.47 Å². The molecule has 0 radical (unpaired) electrons. The number of carbonyl (C=O) groups is 2. The summed E-state index contributed by atoms with van der Waals surface area (Å²) >= 11 is 4.61. The van der Waals surface area contributed by atoms with E-state index >= 15 is 0 Å². The highest BCUT2D eigenvalue weighted by molar-refractivity contribution is 9.10. The monoisotopic (exact) mass is 333 g/mol. The quantitative estimate of drug-likeness (QED) is 0.869. The summed E-state index contributed by atoms with van der Waals surface area (Å²) in [6, 6.07) is 1.72. The van der Waals surface area contributed by atoms with Crippen LogP contribution in [0.5, 0.6) is 0 Å². The predicted octanol–water partition coefficient (Wildman–Crippen LogP) is 3.13. The van der Waals surface area contributed by atoms with Crippen molar-refractivity contribution in [2.75, 3.05) is 0 Å². The third kappa shape index (κ3) is 3.81. The highest BCUT2D eigenvalue weighted by atomic mass is 79.9. The lowest BCUT2D eigenvalue weighted by molar-refractivity contribution is -0.138. The number of thiophene rings is 1. The van der Waals surface area contributed by atoms with Gasteiger partial charge in [-0.3, -0.25) is 9.59 Å². The van der Waals surface area contributed by atoms with E-state index in [4.69, 9.17) is 5.11 Å². The lowest BCUT2D eigenvalue weighted by atomic mass is 9.85. The Morgan fingerprint density at radius 3 is 2.56 bits per heavy atom. The van der Waals surface area contributed by atoms with E-state index in [9.17, 15) is 9.59 Å². The van der Waals surface area contributed by atoms with E-state index in [1.807, 2.05) is 19.2 Å². The second-order valence-corrected chi connectivity index (χ2v) is 6.55. The van der Waals surface area contributed by atoms with Gasteiger partial charge in [0.25, 0.3) is 5.91 Å². The van der Waals surface area contributed by atoms with E-state index in [1.165, 1.54) is 11.3 Å². The molecule has 18 heavy (non-hydrogen) atoms. The van der Waals surface area contributed by atoms with Crippen molar-refractivity contribution >= 4 is 39.1 Å². The molecule has 2 N–H and O–H groups in total. The molecule has 0 aliphatic rings. The third-order valence-electron chi connectivity index (χ3n) is 2.98. The second-order valence-electron chi connectivity index (χ2n) is 4.73. The van der Waals surface area contributed by atoms with E-state index in [2.05, 4.69) is 21.2 Å². The maximum Gasteiger partial charge on any atom is 0.305 e. The Balaban J connectivity index is 2.84. The number of hydrogen-bond acceptors (Lipinski definition) is 3. The largest absolute Gasteiger partial charge is 0.481 e. The summed E-state index contributed by atoms with van der Waals surface area (Å²) in [5, 5.41) is 13.6. The van der Waals surface area contributed by atoms with Crippen LogP contribution in [0.25, 0.3) is 0 Å². The average molecular weight is 334 g/mol. The van der Waals surface area contributed by atoms with Gasteiger partial charge in [-0.2, -0.15) is 0 Å². The van der Waals surface area contributed by atoms with Crippen molar-refractivity contribution < 1.29 is 14.7 Å². The number of nitrogens with one attached hydrogen (secondary N) is 1. The summed E-state index contributed by atoms with van der Waals surface area (Å²) in [7, 11) is 0. The van der Waals surface area contributed by atoms with Gasteiger partial charge in [0.1, 0.15) is 0 Å². The summed E-state index contributed by atoms with van der Waals surface area (Å²) in [5.41, 5.74) is -0.751. The van der Waals surface area contributed by atoms with Gasteiger partial charge in [-0.15, -0.1) is 11.3 Å². The Hall–Kier alpha value is -0.880. The average Bonchev–Trinajstić information content (AvgIpc) is 2.63. The number of hydrogen-bond donors (Lipinski definition) is 2. The maximum absolute atomic E-state index is 12.0. The van der Waals surface area contributed by atoms with Crippen LogP contribution >= 0.6 is 27.3 Å². The van der Waals surface area contributed by atoms with Gasteiger partial charge < -0.3 is 10.4 Å². The molecule has 4 nitrogen and oxygen atoms in total. The topological polar surface area (TPSA) is 66.4 Å². The first-order valence-corrected chi connectivity index (χ1v) is 7.20. The lowest BCUT2D eigenvalue weighted by Crippen LogP contribution is -2.51. The van der Waals surface area contributed by atoms with Crippen LogP contribution in [0.3, 0.4) is 0 Å². The van der Waals surface area contributed by atoms with Gasteiger partial charge in [0.2, 0.25) is 0 Å². The number of halogens is 1. The second kappa shape index (κ2) is 5.84. The van der Waals surface area contributed by atoms with Crippen LogP contribution in [-0.4, -0.2) is 22.5 Å². The molecular weight excluding hydrogens is 318 g/mol. The number of amides is 1. The molecule has 1 aromatic rings. The molecule has 0 aliphatic carbocycles. The molecule has 1 heterocycles. The molecule has 0 saturated carbocycles. The minimum absolute atomic E-state index is 0.0287. The fraction of sp³-hybridized carbons (Fsp3) is 0.500. The number of carboxylic acid groups (broad SMARTS) is 1. The van der Waals surface area contributed by atoms with Crippen molar-refractivity contribution in [1.82, 2.24) is 5.32 Å². The molecule has 1 aromatic heterocycles. The molecule has 1 atom stereocenters. The van der Waals surface area contributed by atoms with E-state index in [1.54, 1.807) is 13.0 Å². The van der Waals surface area contributed by atoms with Crippen LogP contribution in [0, 0.1) is 5.92 Å². The first-order chi connectivity index (χ1) is 8.24. The van der Waals surface area contributed by atoms with Crippen LogP contribution in [-0.2, 0) is 4.79 Å². The van der Waals surface area contributed by atoms with Crippen LogP contribution in [0.1, 0.15) is 36.9 Å². The van der Waals surface area contributed by atoms with Crippen molar-refractivity contribution in [3.63, 3.8) is 0 Å². The summed E-state index contributed by atoms with van der Waals surface area (Å²) in [6.45, 7) is 5.55. The van der Waals surface area contributed by atoms with Crippen LogP contribution in [0.4, 0.5) is 0 Å². The number of rotatable bonds is 5. The first kappa shape index (κ1) is 15.2. The zero-order valence-electron chi connectivity index (χ0n) is 10.5. The molecule has 1 unspecified atom stereocenters. The molecule has 6 heteroatoms. The standard InChI is InChI=1S/C12H16BrNO3S/c1-7(2)12(3,5-10(15)16)14-11(17)9-4-8(13)6-18-9/h4,6-7H,5H2,1-3H3,(H,14,17)(H,15,16). The highest BCUT2D eigenvalue weighted by Crippen LogP contribution is 2.24. The van der Waals surface area contributed by atoms with E-state index < -0.39 is 11.5 Å². The van der Waals surface area contributed by atoms with Gasteiger partial charge in [-0.1, -0.05) is 13.8 Å². The number of carbonyl (C=O) groups excluding carboxylic acids is 1. The van der Waals surface area contributed by atoms with Gasteiger partial charge in [0.15, 0.2) is 0 Å². The zero-order valence-corrected chi connectivity index (χ0v) is 12.9. The van der Waals surface area contributed by atoms with Crippen LogP contribution in [0.2, 0.25) is 0 Å². The Morgan fingerprint density at radius 2 is 2.17 bits per heavy atom. The Kier molecular flexibility index (Phi) is 4.92. The van der Waals surface area contributed by atoms with Crippen LogP contribution in [0.15, 0.2) is 15.9 Å². The van der Waals surface area contributed by atoms with Crippen molar-refractivity contribution in [2.45, 2.75) is 32.7 Å². The molecule has 100 valence electrons. The Morgan fingerprint density at radius 1 is 1.56 bits per heavy atom. The molecule has 0 fully saturated rings.